The van der Waals surface area contributed by atoms with E-state index in [1.165, 1.54) is 18.2 Å². The summed E-state index contributed by atoms with van der Waals surface area (Å²) in [5.41, 5.74) is 2.12. The van der Waals surface area contributed by atoms with Gasteiger partial charge in [0.25, 0.3) is 5.91 Å². The topological polar surface area (TPSA) is 99.2 Å². The van der Waals surface area contributed by atoms with Gasteiger partial charge in [0.05, 0.1) is 30.9 Å². The molecule has 0 saturated carbocycles. The minimum absolute atomic E-state index is 0.0152. The Morgan fingerprint density at radius 3 is 2.45 bits per heavy atom. The zero-order valence-electron chi connectivity index (χ0n) is 15.7. The quantitative estimate of drug-likeness (QED) is 0.747. The number of ether oxygens (including phenoxy) is 1. The van der Waals surface area contributed by atoms with Crippen molar-refractivity contribution in [2.45, 2.75) is 12.5 Å². The Morgan fingerprint density at radius 1 is 1.03 bits per heavy atom. The summed E-state index contributed by atoms with van der Waals surface area (Å²) < 4.78 is 5.36. The second-order valence-corrected chi connectivity index (χ2v) is 6.97. The van der Waals surface area contributed by atoms with Gasteiger partial charge >= 0.3 is 5.97 Å². The molecule has 2 aromatic rings. The maximum absolute atomic E-state index is 12.8. The van der Waals surface area contributed by atoms with Crippen LogP contribution in [0.4, 0.5) is 17.1 Å². The Kier molecular flexibility index (Phi) is 5.18. The first kappa shape index (κ1) is 18.9. The fourth-order valence-corrected chi connectivity index (χ4v) is 3.59. The summed E-state index contributed by atoms with van der Waals surface area (Å²) >= 11 is 0. The summed E-state index contributed by atoms with van der Waals surface area (Å²) in [7, 11) is 0. The maximum Gasteiger partial charge on any atom is 0.335 e. The van der Waals surface area contributed by atoms with E-state index in [2.05, 4.69) is 10.2 Å². The molecule has 29 heavy (non-hydrogen) atoms. The van der Waals surface area contributed by atoms with Gasteiger partial charge in [0, 0.05) is 24.5 Å². The number of benzene rings is 2. The van der Waals surface area contributed by atoms with Gasteiger partial charge in [-0.25, -0.2) is 9.69 Å². The average Bonchev–Trinajstić information content (AvgIpc) is 3.02. The van der Waals surface area contributed by atoms with Crippen molar-refractivity contribution in [1.82, 2.24) is 0 Å². The predicted molar refractivity (Wildman–Crippen MR) is 107 cm³/mol. The molecule has 0 aromatic heterocycles. The lowest BCUT2D eigenvalue weighted by molar-refractivity contribution is -0.121. The molecule has 0 bridgehead atoms. The summed E-state index contributed by atoms with van der Waals surface area (Å²) in [5, 5.41) is 12.3. The zero-order valence-corrected chi connectivity index (χ0v) is 15.7. The van der Waals surface area contributed by atoms with E-state index in [-0.39, 0.29) is 23.6 Å². The molecule has 4 rings (SSSR count). The second kappa shape index (κ2) is 7.92. The van der Waals surface area contributed by atoms with Crippen LogP contribution in [-0.4, -0.2) is 55.2 Å². The van der Waals surface area contributed by atoms with Crippen molar-refractivity contribution in [3.05, 3.63) is 54.1 Å². The van der Waals surface area contributed by atoms with Gasteiger partial charge in [-0.15, -0.1) is 0 Å². The minimum Gasteiger partial charge on any atom is -0.478 e. The van der Waals surface area contributed by atoms with E-state index in [1.54, 1.807) is 6.07 Å². The van der Waals surface area contributed by atoms with E-state index in [0.29, 0.717) is 13.2 Å². The van der Waals surface area contributed by atoms with Gasteiger partial charge in [-0.3, -0.25) is 9.59 Å². The molecule has 8 nitrogen and oxygen atoms in total. The van der Waals surface area contributed by atoms with Crippen molar-refractivity contribution in [2.75, 3.05) is 41.4 Å². The van der Waals surface area contributed by atoms with Gasteiger partial charge in [0.2, 0.25) is 5.91 Å². The first-order chi connectivity index (χ1) is 14.0. The Bertz CT molecular complexity index is 938. The van der Waals surface area contributed by atoms with Gasteiger partial charge in [0.15, 0.2) is 0 Å². The highest BCUT2D eigenvalue weighted by molar-refractivity contribution is 6.23. The van der Waals surface area contributed by atoms with Crippen LogP contribution in [0.5, 0.6) is 0 Å². The number of nitrogens with one attached hydrogen (secondary N) is 1. The van der Waals surface area contributed by atoms with Crippen LogP contribution in [0.3, 0.4) is 0 Å². The van der Waals surface area contributed by atoms with Crippen LogP contribution in [0.2, 0.25) is 0 Å². The van der Waals surface area contributed by atoms with E-state index < -0.39 is 17.9 Å². The summed E-state index contributed by atoms with van der Waals surface area (Å²) in [6.07, 6.45) is 0.0152. The molecule has 0 spiro atoms. The highest BCUT2D eigenvalue weighted by atomic mass is 16.5. The van der Waals surface area contributed by atoms with Crippen molar-refractivity contribution < 1.29 is 24.2 Å². The molecule has 0 radical (unpaired) electrons. The molecule has 2 aliphatic heterocycles. The molecule has 2 heterocycles. The number of carboxylic acid groups (broad SMARTS) is 1. The maximum atomic E-state index is 12.8. The molecule has 150 valence electrons. The van der Waals surface area contributed by atoms with Gasteiger partial charge in [0.1, 0.15) is 6.04 Å². The molecule has 2 amide bonds. The van der Waals surface area contributed by atoms with Crippen molar-refractivity contribution in [3.63, 3.8) is 0 Å². The molecule has 2 aliphatic rings. The average molecular weight is 395 g/mol. The number of rotatable bonds is 5. The van der Waals surface area contributed by atoms with Crippen LogP contribution in [0.25, 0.3) is 0 Å². The van der Waals surface area contributed by atoms with Crippen LogP contribution in [0.15, 0.2) is 48.5 Å². The van der Waals surface area contributed by atoms with E-state index in [1.807, 2.05) is 24.3 Å². The number of morpholine rings is 1. The number of imide groups is 1. The highest BCUT2D eigenvalue weighted by Crippen LogP contribution is 2.27. The molecular formula is C21H21N3O5. The first-order valence-corrected chi connectivity index (χ1v) is 9.42. The van der Waals surface area contributed by atoms with Crippen LogP contribution < -0.4 is 15.1 Å². The molecular weight excluding hydrogens is 374 g/mol. The molecule has 8 heteroatoms. The van der Waals surface area contributed by atoms with Crippen LogP contribution in [0.1, 0.15) is 16.8 Å². The Hall–Kier alpha value is -3.39. The van der Waals surface area contributed by atoms with Crippen molar-refractivity contribution in [3.8, 4) is 0 Å². The van der Waals surface area contributed by atoms with Crippen LogP contribution in [-0.2, 0) is 14.3 Å². The molecule has 2 saturated heterocycles. The number of amides is 2. The smallest absolute Gasteiger partial charge is 0.335 e. The molecule has 0 aliphatic carbocycles. The van der Waals surface area contributed by atoms with Gasteiger partial charge in [-0.2, -0.15) is 0 Å². The first-order valence-electron chi connectivity index (χ1n) is 9.42. The lowest BCUT2D eigenvalue weighted by Gasteiger charge is -2.29. The van der Waals surface area contributed by atoms with E-state index in [4.69, 9.17) is 9.84 Å². The third kappa shape index (κ3) is 3.93. The standard InChI is InChI=1S/C21H21N3O5/c25-19-13-18(20(26)24(19)17-3-1-2-14(12-17)21(27)28)22-15-4-6-16(7-5-15)23-8-10-29-11-9-23/h1-7,12,18,22H,8-11,13H2,(H,27,28)/t18-/m1/s1. The summed E-state index contributed by atoms with van der Waals surface area (Å²) in [6, 6.07) is 12.9. The number of carbonyl (C=O) groups is 3. The fourth-order valence-electron chi connectivity index (χ4n) is 3.59. The third-order valence-electron chi connectivity index (χ3n) is 5.08. The lowest BCUT2D eigenvalue weighted by atomic mass is 10.2. The van der Waals surface area contributed by atoms with E-state index in [0.717, 1.165) is 29.4 Å². The summed E-state index contributed by atoms with van der Waals surface area (Å²) in [4.78, 5) is 39.7. The molecule has 2 fully saturated rings. The number of hydrogen-bond donors (Lipinski definition) is 2. The third-order valence-corrected chi connectivity index (χ3v) is 5.08. The number of carboxylic acids is 1. The second-order valence-electron chi connectivity index (χ2n) is 6.97. The predicted octanol–water partition coefficient (Wildman–Crippen LogP) is 1.97. The lowest BCUT2D eigenvalue weighted by Crippen LogP contribution is -2.36. The minimum atomic E-state index is -1.11. The summed E-state index contributed by atoms with van der Waals surface area (Å²) in [6.45, 7) is 3.09. The number of carbonyl (C=O) groups excluding carboxylic acids is 2. The number of nitrogens with zero attached hydrogens (tertiary/aromatic N) is 2. The Balaban J connectivity index is 1.46. The van der Waals surface area contributed by atoms with Crippen molar-refractivity contribution in [1.29, 1.82) is 0 Å². The Morgan fingerprint density at radius 2 is 1.76 bits per heavy atom. The molecule has 1 atom stereocenters. The van der Waals surface area contributed by atoms with Gasteiger partial charge in [-0.1, -0.05) is 6.07 Å². The van der Waals surface area contributed by atoms with Crippen molar-refractivity contribution >= 4 is 34.8 Å². The molecule has 2 N–H and O–H groups in total. The van der Waals surface area contributed by atoms with Crippen molar-refractivity contribution in [2.24, 2.45) is 0 Å². The zero-order chi connectivity index (χ0) is 20.4. The monoisotopic (exact) mass is 395 g/mol. The largest absolute Gasteiger partial charge is 0.478 e. The fraction of sp³-hybridized carbons (Fsp3) is 0.286. The van der Waals surface area contributed by atoms with E-state index in [9.17, 15) is 14.4 Å². The summed E-state index contributed by atoms with van der Waals surface area (Å²) in [5.74, 6) is -1.87. The Labute approximate surface area is 167 Å². The number of anilines is 3. The number of aromatic carboxylic acids is 1. The van der Waals surface area contributed by atoms with Gasteiger partial charge < -0.3 is 20.1 Å². The van der Waals surface area contributed by atoms with Crippen LogP contribution in [0, 0.1) is 0 Å². The van der Waals surface area contributed by atoms with E-state index >= 15 is 0 Å². The van der Waals surface area contributed by atoms with Crippen LogP contribution >= 0.6 is 0 Å². The normalized spacial score (nSPS) is 19.5. The van der Waals surface area contributed by atoms with Gasteiger partial charge in [-0.05, 0) is 42.5 Å². The molecule has 0 unspecified atom stereocenters. The number of hydrogen-bond acceptors (Lipinski definition) is 6. The molecule has 2 aromatic carbocycles. The highest BCUT2D eigenvalue weighted by Gasteiger charge is 2.39. The SMILES string of the molecule is O=C(O)c1cccc(N2C(=O)C[C@@H](Nc3ccc(N4CCOCC4)cc3)C2=O)c1.